The molecule has 1 saturated heterocycles. The van der Waals surface area contributed by atoms with Crippen LogP contribution in [0.1, 0.15) is 10.4 Å². The van der Waals surface area contributed by atoms with Crippen LogP contribution in [0.2, 0.25) is 0 Å². The molecule has 0 radical (unpaired) electrons. The molecule has 10 heteroatoms. The van der Waals surface area contributed by atoms with Gasteiger partial charge in [-0.05, 0) is 12.1 Å². The highest BCUT2D eigenvalue weighted by atomic mass is 32.2. The van der Waals surface area contributed by atoms with E-state index in [4.69, 9.17) is 4.74 Å². The summed E-state index contributed by atoms with van der Waals surface area (Å²) in [6.07, 6.45) is 1.30. The lowest BCUT2D eigenvalue weighted by Gasteiger charge is -2.25. The number of sulfonamides is 1. The van der Waals surface area contributed by atoms with Crippen molar-refractivity contribution in [1.29, 1.82) is 0 Å². The fourth-order valence-electron chi connectivity index (χ4n) is 2.64. The van der Waals surface area contributed by atoms with Gasteiger partial charge in [0.1, 0.15) is 4.90 Å². The zero-order chi connectivity index (χ0) is 20.7. The zero-order valence-electron chi connectivity index (χ0n) is 15.6. The van der Waals surface area contributed by atoms with E-state index < -0.39 is 10.0 Å². The molecule has 2 heterocycles. The van der Waals surface area contributed by atoms with E-state index in [1.807, 2.05) is 6.07 Å². The van der Waals surface area contributed by atoms with Crippen molar-refractivity contribution >= 4 is 33.5 Å². The van der Waals surface area contributed by atoms with Crippen molar-refractivity contribution < 1.29 is 22.7 Å². The summed E-state index contributed by atoms with van der Waals surface area (Å²) >= 11 is 1.17. The summed E-state index contributed by atoms with van der Waals surface area (Å²) in [6, 6.07) is 11.8. The van der Waals surface area contributed by atoms with Gasteiger partial charge in [-0.2, -0.15) is 4.31 Å². The number of aromatic nitrogens is 1. The minimum absolute atomic E-state index is 0.0740. The maximum Gasteiger partial charge on any atom is 0.244 e. The average molecular weight is 436 g/mol. The van der Waals surface area contributed by atoms with Crippen LogP contribution in [0, 0.1) is 0 Å². The van der Waals surface area contributed by atoms with Crippen molar-refractivity contribution in [2.75, 3.05) is 38.6 Å². The Labute approximate surface area is 173 Å². The molecule has 2 aromatic rings. The fourth-order valence-corrected chi connectivity index (χ4v) is 4.66. The van der Waals surface area contributed by atoms with Crippen LogP contribution in [-0.2, 0) is 19.6 Å². The van der Waals surface area contributed by atoms with Gasteiger partial charge in [0.2, 0.25) is 15.9 Å². The molecule has 0 saturated carbocycles. The number of nitrogens with one attached hydrogen (secondary N) is 1. The van der Waals surface area contributed by atoms with Gasteiger partial charge in [-0.1, -0.05) is 42.1 Å². The molecule has 1 aromatic carbocycles. The number of morpholine rings is 1. The van der Waals surface area contributed by atoms with Crippen molar-refractivity contribution in [3.63, 3.8) is 0 Å². The fraction of sp³-hybridized carbons (Fsp3) is 0.316. The van der Waals surface area contributed by atoms with Crippen LogP contribution in [0.15, 0.2) is 58.6 Å². The Kier molecular flexibility index (Phi) is 7.37. The lowest BCUT2D eigenvalue weighted by molar-refractivity contribution is -0.118. The number of hydrogen-bond donors (Lipinski definition) is 1. The number of carbonyl (C=O) groups excluding carboxylic acids is 2. The predicted octanol–water partition coefficient (Wildman–Crippen LogP) is 1.19. The molecule has 1 aliphatic rings. The third-order valence-corrected chi connectivity index (χ3v) is 7.04. The number of ether oxygens (including phenoxy) is 1. The Balaban J connectivity index is 1.48. The molecule has 0 unspecified atom stereocenters. The van der Waals surface area contributed by atoms with Gasteiger partial charge < -0.3 is 10.1 Å². The summed E-state index contributed by atoms with van der Waals surface area (Å²) in [5.41, 5.74) is 0.541. The summed E-state index contributed by atoms with van der Waals surface area (Å²) < 4.78 is 31.7. The minimum atomic E-state index is -3.59. The van der Waals surface area contributed by atoms with Gasteiger partial charge in [-0.3, -0.25) is 9.59 Å². The van der Waals surface area contributed by atoms with E-state index >= 15 is 0 Å². The maximum atomic E-state index is 12.6. The van der Waals surface area contributed by atoms with Crippen LogP contribution in [-0.4, -0.2) is 68.0 Å². The maximum absolute atomic E-state index is 12.6. The standard InChI is InChI=1S/C19H21N3O5S2/c23-17(15-4-2-1-3-5-15)13-20-18(24)14-28-19-7-6-16(12-21-19)29(25,26)22-8-10-27-11-9-22/h1-7,12H,8-11,13-14H2,(H,20,24). The number of pyridine rings is 1. The molecule has 1 aromatic heterocycles. The number of benzene rings is 1. The minimum Gasteiger partial charge on any atom is -0.379 e. The van der Waals surface area contributed by atoms with Crippen LogP contribution >= 0.6 is 11.8 Å². The highest BCUT2D eigenvalue weighted by Crippen LogP contribution is 2.20. The Hall–Kier alpha value is -2.27. The Morgan fingerprint density at radius 1 is 1.10 bits per heavy atom. The molecule has 1 amide bonds. The number of carbonyl (C=O) groups is 2. The van der Waals surface area contributed by atoms with E-state index in [9.17, 15) is 18.0 Å². The molecule has 154 valence electrons. The van der Waals surface area contributed by atoms with E-state index in [-0.39, 0.29) is 28.9 Å². The molecular weight excluding hydrogens is 414 g/mol. The number of thioether (sulfide) groups is 1. The summed E-state index contributed by atoms with van der Waals surface area (Å²) in [7, 11) is -3.59. The first-order valence-electron chi connectivity index (χ1n) is 8.98. The second-order valence-corrected chi connectivity index (χ2v) is 9.14. The van der Waals surface area contributed by atoms with E-state index in [2.05, 4.69) is 10.3 Å². The molecule has 3 rings (SSSR count). The summed E-state index contributed by atoms with van der Waals surface area (Å²) in [6.45, 7) is 1.32. The first-order chi connectivity index (χ1) is 14.0. The van der Waals surface area contributed by atoms with Crippen LogP contribution in [0.5, 0.6) is 0 Å². The zero-order valence-corrected chi connectivity index (χ0v) is 17.2. The second kappa shape index (κ2) is 9.97. The Morgan fingerprint density at radius 2 is 1.83 bits per heavy atom. The number of hydrogen-bond acceptors (Lipinski definition) is 7. The largest absolute Gasteiger partial charge is 0.379 e. The smallest absolute Gasteiger partial charge is 0.244 e. The van der Waals surface area contributed by atoms with E-state index in [1.54, 1.807) is 30.3 Å². The van der Waals surface area contributed by atoms with Crippen molar-refractivity contribution in [2.24, 2.45) is 0 Å². The highest BCUT2D eigenvalue weighted by molar-refractivity contribution is 7.99. The highest BCUT2D eigenvalue weighted by Gasteiger charge is 2.26. The SMILES string of the molecule is O=C(CSc1ccc(S(=O)(=O)N2CCOCC2)cn1)NCC(=O)c1ccccc1. The van der Waals surface area contributed by atoms with Gasteiger partial charge in [-0.25, -0.2) is 13.4 Å². The first kappa shape index (κ1) is 21.4. The lowest BCUT2D eigenvalue weighted by atomic mass is 10.1. The van der Waals surface area contributed by atoms with Gasteiger partial charge in [0.05, 0.1) is 30.5 Å². The predicted molar refractivity (Wildman–Crippen MR) is 108 cm³/mol. The van der Waals surface area contributed by atoms with Crippen molar-refractivity contribution in [2.45, 2.75) is 9.92 Å². The molecule has 0 atom stereocenters. The monoisotopic (exact) mass is 435 g/mol. The molecule has 1 aliphatic heterocycles. The Morgan fingerprint density at radius 3 is 2.48 bits per heavy atom. The molecule has 0 spiro atoms. The number of nitrogens with zero attached hydrogens (tertiary/aromatic N) is 2. The van der Waals surface area contributed by atoms with E-state index in [0.29, 0.717) is 36.9 Å². The molecule has 1 fully saturated rings. The number of rotatable bonds is 8. The van der Waals surface area contributed by atoms with Crippen LogP contribution in [0.4, 0.5) is 0 Å². The summed E-state index contributed by atoms with van der Waals surface area (Å²) in [4.78, 5) is 28.2. The molecular formula is C19H21N3O5S2. The molecule has 0 aliphatic carbocycles. The van der Waals surface area contributed by atoms with E-state index in [0.717, 1.165) is 0 Å². The Bertz CT molecular complexity index is 944. The van der Waals surface area contributed by atoms with Crippen LogP contribution in [0.25, 0.3) is 0 Å². The second-order valence-electron chi connectivity index (χ2n) is 6.20. The third kappa shape index (κ3) is 5.86. The van der Waals surface area contributed by atoms with Gasteiger partial charge in [0.15, 0.2) is 5.78 Å². The third-order valence-electron chi connectivity index (χ3n) is 4.21. The molecule has 1 N–H and O–H groups in total. The van der Waals surface area contributed by atoms with Crippen molar-refractivity contribution in [1.82, 2.24) is 14.6 Å². The topological polar surface area (TPSA) is 106 Å². The number of amides is 1. The van der Waals surface area contributed by atoms with Gasteiger partial charge >= 0.3 is 0 Å². The van der Waals surface area contributed by atoms with Gasteiger partial charge in [0.25, 0.3) is 0 Å². The molecule has 8 nitrogen and oxygen atoms in total. The van der Waals surface area contributed by atoms with Crippen molar-refractivity contribution in [3.8, 4) is 0 Å². The van der Waals surface area contributed by atoms with Crippen LogP contribution in [0.3, 0.4) is 0 Å². The number of ketones is 1. The van der Waals surface area contributed by atoms with E-state index in [1.165, 1.54) is 28.3 Å². The molecule has 0 bridgehead atoms. The number of Topliss-reactive ketones (excluding diaryl/α,β-unsaturated/α-hetero) is 1. The van der Waals surface area contributed by atoms with Crippen LogP contribution < -0.4 is 5.32 Å². The quantitative estimate of drug-likeness (QED) is 0.490. The molecule has 29 heavy (non-hydrogen) atoms. The van der Waals surface area contributed by atoms with Gasteiger partial charge in [0, 0.05) is 24.8 Å². The average Bonchev–Trinajstić information content (AvgIpc) is 2.77. The van der Waals surface area contributed by atoms with Crippen molar-refractivity contribution in [3.05, 3.63) is 54.2 Å². The normalized spacial score (nSPS) is 15.0. The summed E-state index contributed by atoms with van der Waals surface area (Å²) in [5, 5.41) is 3.10. The first-order valence-corrected chi connectivity index (χ1v) is 11.4. The summed E-state index contributed by atoms with van der Waals surface area (Å²) in [5.74, 6) is -0.393. The lowest BCUT2D eigenvalue weighted by Crippen LogP contribution is -2.40. The van der Waals surface area contributed by atoms with Gasteiger partial charge in [-0.15, -0.1) is 0 Å².